The van der Waals surface area contributed by atoms with Crippen LogP contribution in [0.5, 0.6) is 0 Å². The van der Waals surface area contributed by atoms with Crippen LogP contribution in [-0.4, -0.2) is 18.2 Å². The zero-order valence-electron chi connectivity index (χ0n) is 11.5. The molecule has 20 heavy (non-hydrogen) atoms. The lowest BCUT2D eigenvalue weighted by Gasteiger charge is -2.07. The van der Waals surface area contributed by atoms with Gasteiger partial charge in [-0.3, -0.25) is 9.40 Å². The Balaban J connectivity index is 2.35. The van der Waals surface area contributed by atoms with Crippen LogP contribution in [0.1, 0.15) is 18.2 Å². The molecule has 0 aliphatic carbocycles. The summed E-state index contributed by atoms with van der Waals surface area (Å²) < 4.78 is 41.9. The first-order valence-electron chi connectivity index (χ1n) is 6.16. The molecule has 7 heteroatoms. The minimum Gasteiger partial charge on any atom is -0.279 e. The van der Waals surface area contributed by atoms with E-state index < -0.39 is 15.8 Å². The Morgan fingerprint density at radius 3 is 2.60 bits per heavy atom. The zero-order valence-corrected chi connectivity index (χ0v) is 12.3. The third-order valence-electron chi connectivity index (χ3n) is 2.94. The molecule has 0 saturated carbocycles. The molecule has 2 rings (SSSR count). The van der Waals surface area contributed by atoms with E-state index in [9.17, 15) is 12.8 Å². The van der Waals surface area contributed by atoms with E-state index in [-0.39, 0.29) is 10.6 Å². The van der Waals surface area contributed by atoms with E-state index in [2.05, 4.69) is 9.82 Å². The molecule has 5 nitrogen and oxygen atoms in total. The number of aromatic nitrogens is 2. The lowest BCUT2D eigenvalue weighted by molar-refractivity contribution is 0.600. The fourth-order valence-electron chi connectivity index (χ4n) is 1.79. The van der Waals surface area contributed by atoms with E-state index in [1.807, 2.05) is 6.92 Å². The second-order valence-electron chi connectivity index (χ2n) is 4.50. The lowest BCUT2D eigenvalue weighted by Crippen LogP contribution is -2.13. The second-order valence-corrected chi connectivity index (χ2v) is 6.15. The standard InChI is InChI=1S/C13H16FN3O2S/c1-4-17-8-13(10(3)15-17)20(18,19)16-11-6-5-9(2)12(14)7-11/h5-8,16H,4H2,1-3H3. The minimum absolute atomic E-state index is 0.0975. The quantitative estimate of drug-likeness (QED) is 0.943. The number of nitrogens with one attached hydrogen (secondary N) is 1. The van der Waals surface area contributed by atoms with Gasteiger partial charge in [-0.15, -0.1) is 0 Å². The largest absolute Gasteiger partial charge is 0.279 e. The van der Waals surface area contributed by atoms with E-state index in [1.165, 1.54) is 18.3 Å². The molecular weight excluding hydrogens is 281 g/mol. The molecular formula is C13H16FN3O2S. The highest BCUT2D eigenvalue weighted by Crippen LogP contribution is 2.20. The van der Waals surface area contributed by atoms with Gasteiger partial charge in [-0.2, -0.15) is 5.10 Å². The van der Waals surface area contributed by atoms with Crippen LogP contribution in [0.2, 0.25) is 0 Å². The Labute approximate surface area is 117 Å². The normalized spacial score (nSPS) is 11.6. The van der Waals surface area contributed by atoms with Crippen LogP contribution in [0, 0.1) is 19.7 Å². The molecule has 0 spiro atoms. The van der Waals surface area contributed by atoms with Crippen molar-refractivity contribution in [3.05, 3.63) is 41.5 Å². The fourth-order valence-corrected chi connectivity index (χ4v) is 3.03. The molecule has 1 aromatic carbocycles. The maximum atomic E-state index is 13.4. The summed E-state index contributed by atoms with van der Waals surface area (Å²) in [7, 11) is -3.76. The Morgan fingerprint density at radius 1 is 1.35 bits per heavy atom. The molecule has 0 aliphatic rings. The van der Waals surface area contributed by atoms with Crippen molar-refractivity contribution in [2.24, 2.45) is 0 Å². The van der Waals surface area contributed by atoms with Crippen molar-refractivity contribution in [3.8, 4) is 0 Å². The third kappa shape index (κ3) is 2.82. The number of hydrogen-bond donors (Lipinski definition) is 1. The van der Waals surface area contributed by atoms with Gasteiger partial charge >= 0.3 is 0 Å². The van der Waals surface area contributed by atoms with Gasteiger partial charge in [0, 0.05) is 12.7 Å². The molecule has 0 fully saturated rings. The Morgan fingerprint density at radius 2 is 2.05 bits per heavy atom. The lowest BCUT2D eigenvalue weighted by atomic mass is 10.2. The maximum absolute atomic E-state index is 13.4. The van der Waals surface area contributed by atoms with E-state index >= 15 is 0 Å². The number of sulfonamides is 1. The topological polar surface area (TPSA) is 64.0 Å². The van der Waals surface area contributed by atoms with Gasteiger partial charge < -0.3 is 0 Å². The molecule has 0 atom stereocenters. The molecule has 1 N–H and O–H groups in total. The number of benzene rings is 1. The highest BCUT2D eigenvalue weighted by molar-refractivity contribution is 7.92. The predicted molar refractivity (Wildman–Crippen MR) is 74.6 cm³/mol. The zero-order chi connectivity index (χ0) is 14.9. The number of nitrogens with zero attached hydrogens (tertiary/aromatic N) is 2. The molecule has 1 heterocycles. The van der Waals surface area contributed by atoms with Crippen molar-refractivity contribution >= 4 is 15.7 Å². The first kappa shape index (κ1) is 14.5. The van der Waals surface area contributed by atoms with E-state index in [1.54, 1.807) is 18.5 Å². The van der Waals surface area contributed by atoms with Gasteiger partial charge in [-0.1, -0.05) is 6.07 Å². The van der Waals surface area contributed by atoms with Gasteiger partial charge in [0.1, 0.15) is 10.7 Å². The smallest absolute Gasteiger partial charge is 0.265 e. The summed E-state index contributed by atoms with van der Waals surface area (Å²) >= 11 is 0. The second kappa shape index (κ2) is 5.24. The van der Waals surface area contributed by atoms with Crippen molar-refractivity contribution in [2.75, 3.05) is 4.72 Å². The third-order valence-corrected chi connectivity index (χ3v) is 4.42. The number of rotatable bonds is 4. The molecule has 0 amide bonds. The van der Waals surface area contributed by atoms with Gasteiger partial charge in [-0.25, -0.2) is 12.8 Å². The summed E-state index contributed by atoms with van der Waals surface area (Å²) in [6, 6.07) is 4.21. The van der Waals surface area contributed by atoms with Crippen molar-refractivity contribution < 1.29 is 12.8 Å². The fraction of sp³-hybridized carbons (Fsp3) is 0.308. The molecule has 0 bridgehead atoms. The van der Waals surface area contributed by atoms with E-state index in [0.717, 1.165) is 6.07 Å². The van der Waals surface area contributed by atoms with Crippen LogP contribution in [-0.2, 0) is 16.6 Å². The van der Waals surface area contributed by atoms with Gasteiger partial charge in [0.2, 0.25) is 0 Å². The summed E-state index contributed by atoms with van der Waals surface area (Å²) in [6.45, 7) is 5.68. The van der Waals surface area contributed by atoms with Crippen molar-refractivity contribution in [1.82, 2.24) is 9.78 Å². The van der Waals surface area contributed by atoms with Crippen LogP contribution < -0.4 is 4.72 Å². The highest BCUT2D eigenvalue weighted by atomic mass is 32.2. The highest BCUT2D eigenvalue weighted by Gasteiger charge is 2.20. The maximum Gasteiger partial charge on any atom is 0.265 e. The summed E-state index contributed by atoms with van der Waals surface area (Å²) in [6.07, 6.45) is 1.46. The van der Waals surface area contributed by atoms with Crippen molar-refractivity contribution in [2.45, 2.75) is 32.2 Å². The average Bonchev–Trinajstić information content (AvgIpc) is 2.76. The van der Waals surface area contributed by atoms with Crippen LogP contribution >= 0.6 is 0 Å². The number of anilines is 1. The van der Waals surface area contributed by atoms with Crippen molar-refractivity contribution in [1.29, 1.82) is 0 Å². The van der Waals surface area contributed by atoms with E-state index in [0.29, 0.717) is 17.8 Å². The minimum atomic E-state index is -3.76. The summed E-state index contributed by atoms with van der Waals surface area (Å²) in [4.78, 5) is 0.0975. The molecule has 0 unspecified atom stereocenters. The van der Waals surface area contributed by atoms with Gasteiger partial charge in [0.25, 0.3) is 10.0 Å². The van der Waals surface area contributed by atoms with Crippen LogP contribution in [0.15, 0.2) is 29.3 Å². The first-order chi connectivity index (χ1) is 9.33. The first-order valence-corrected chi connectivity index (χ1v) is 7.65. The molecule has 0 aliphatic heterocycles. The Kier molecular flexibility index (Phi) is 3.80. The molecule has 2 aromatic rings. The number of hydrogen-bond acceptors (Lipinski definition) is 3. The Hall–Kier alpha value is -1.89. The summed E-state index contributed by atoms with van der Waals surface area (Å²) in [5.74, 6) is -0.453. The van der Waals surface area contributed by atoms with Gasteiger partial charge in [0.05, 0.1) is 11.4 Å². The number of halogens is 1. The van der Waals surface area contributed by atoms with Gasteiger partial charge in [-0.05, 0) is 38.5 Å². The molecule has 108 valence electrons. The van der Waals surface area contributed by atoms with Crippen LogP contribution in [0.3, 0.4) is 0 Å². The van der Waals surface area contributed by atoms with Crippen LogP contribution in [0.25, 0.3) is 0 Å². The molecule has 0 saturated heterocycles. The summed E-state index contributed by atoms with van der Waals surface area (Å²) in [5, 5.41) is 4.09. The Bertz CT molecular complexity index is 738. The number of aryl methyl sites for hydroxylation is 3. The monoisotopic (exact) mass is 297 g/mol. The SMILES string of the molecule is CCn1cc(S(=O)(=O)Nc2ccc(C)c(F)c2)c(C)n1. The van der Waals surface area contributed by atoms with Crippen LogP contribution in [0.4, 0.5) is 10.1 Å². The van der Waals surface area contributed by atoms with E-state index in [4.69, 9.17) is 0 Å². The molecule has 0 radical (unpaired) electrons. The predicted octanol–water partition coefficient (Wildman–Crippen LogP) is 2.46. The average molecular weight is 297 g/mol. The summed E-state index contributed by atoms with van der Waals surface area (Å²) in [5.41, 5.74) is 1.06. The van der Waals surface area contributed by atoms with Crippen molar-refractivity contribution in [3.63, 3.8) is 0 Å². The van der Waals surface area contributed by atoms with Gasteiger partial charge in [0.15, 0.2) is 0 Å². The molecule has 1 aromatic heterocycles.